The number of nitrogens with zero attached hydrogens (tertiary/aromatic N) is 1. The minimum atomic E-state index is -0.659. The summed E-state index contributed by atoms with van der Waals surface area (Å²) in [7, 11) is 0. The van der Waals surface area contributed by atoms with E-state index in [-0.39, 0.29) is 5.70 Å². The zero-order chi connectivity index (χ0) is 27.1. The number of urea groups is 1. The van der Waals surface area contributed by atoms with Crippen molar-refractivity contribution >= 4 is 41.2 Å². The Hall–Kier alpha value is -4.30. The highest BCUT2D eigenvalue weighted by molar-refractivity contribution is 6.30. The van der Waals surface area contributed by atoms with Crippen molar-refractivity contribution in [2.45, 2.75) is 26.9 Å². The molecule has 1 heterocycles. The van der Waals surface area contributed by atoms with Crippen LogP contribution in [0.25, 0.3) is 6.08 Å². The third-order valence-corrected chi connectivity index (χ3v) is 6.07. The molecule has 8 nitrogen and oxygen atoms in total. The van der Waals surface area contributed by atoms with Gasteiger partial charge in [-0.2, -0.15) is 0 Å². The van der Waals surface area contributed by atoms with E-state index < -0.39 is 24.4 Å². The van der Waals surface area contributed by atoms with Gasteiger partial charge in [0, 0.05) is 10.7 Å². The first kappa shape index (κ1) is 26.8. The van der Waals surface area contributed by atoms with Crippen LogP contribution in [0.3, 0.4) is 0 Å². The highest BCUT2D eigenvalue weighted by Crippen LogP contribution is 2.30. The third-order valence-electron chi connectivity index (χ3n) is 5.82. The number of hydrogen-bond donors (Lipinski definition) is 2. The van der Waals surface area contributed by atoms with Gasteiger partial charge in [-0.15, -0.1) is 0 Å². The van der Waals surface area contributed by atoms with Gasteiger partial charge in [0.25, 0.3) is 5.91 Å². The molecule has 0 saturated carbocycles. The molecule has 0 atom stereocenters. The van der Waals surface area contributed by atoms with E-state index in [0.29, 0.717) is 41.0 Å². The van der Waals surface area contributed by atoms with Gasteiger partial charge in [-0.05, 0) is 66.4 Å². The zero-order valence-electron chi connectivity index (χ0n) is 21.1. The van der Waals surface area contributed by atoms with Gasteiger partial charge in [0.1, 0.15) is 18.8 Å². The van der Waals surface area contributed by atoms with Gasteiger partial charge in [-0.1, -0.05) is 54.9 Å². The van der Waals surface area contributed by atoms with Crippen molar-refractivity contribution in [2.24, 2.45) is 0 Å². The molecule has 3 aromatic rings. The molecule has 1 fully saturated rings. The van der Waals surface area contributed by atoms with Gasteiger partial charge < -0.3 is 20.1 Å². The number of ether oxygens (including phenoxy) is 2. The summed E-state index contributed by atoms with van der Waals surface area (Å²) < 4.78 is 11.7. The van der Waals surface area contributed by atoms with E-state index in [1.165, 1.54) is 6.08 Å². The lowest BCUT2D eigenvalue weighted by atomic mass is 10.1. The molecule has 0 unspecified atom stereocenters. The Kier molecular flexibility index (Phi) is 8.66. The predicted octanol–water partition coefficient (Wildman–Crippen LogP) is 5.41. The average molecular weight is 534 g/mol. The van der Waals surface area contributed by atoms with E-state index in [9.17, 15) is 14.4 Å². The number of carbonyl (C=O) groups excluding carboxylic acids is 3. The monoisotopic (exact) mass is 533 g/mol. The summed E-state index contributed by atoms with van der Waals surface area (Å²) in [5.74, 6) is -0.0128. The van der Waals surface area contributed by atoms with Crippen LogP contribution in [0.2, 0.25) is 5.02 Å². The van der Waals surface area contributed by atoms with E-state index in [2.05, 4.69) is 10.6 Å². The van der Waals surface area contributed by atoms with Crippen molar-refractivity contribution in [3.05, 3.63) is 94.1 Å². The number of amides is 4. The van der Waals surface area contributed by atoms with Gasteiger partial charge in [-0.3, -0.25) is 9.59 Å². The van der Waals surface area contributed by atoms with E-state index in [4.69, 9.17) is 21.1 Å². The first-order valence-electron chi connectivity index (χ1n) is 12.2. The van der Waals surface area contributed by atoms with Crippen LogP contribution in [-0.2, 0) is 22.6 Å². The molecule has 0 aromatic heterocycles. The Labute approximate surface area is 226 Å². The summed E-state index contributed by atoms with van der Waals surface area (Å²) in [5, 5.41) is 5.97. The van der Waals surface area contributed by atoms with E-state index in [1.54, 1.807) is 36.4 Å². The summed E-state index contributed by atoms with van der Waals surface area (Å²) in [6.07, 6.45) is 2.27. The maximum atomic E-state index is 12.9. The third kappa shape index (κ3) is 6.52. The number of para-hydroxylation sites is 1. The molecular weight excluding hydrogens is 506 g/mol. The minimum absolute atomic E-state index is 0.0639. The van der Waals surface area contributed by atoms with Crippen molar-refractivity contribution in [2.75, 3.05) is 18.5 Å². The van der Waals surface area contributed by atoms with Crippen molar-refractivity contribution in [3.63, 3.8) is 0 Å². The van der Waals surface area contributed by atoms with E-state index in [0.717, 1.165) is 22.4 Å². The molecule has 1 aliphatic heterocycles. The van der Waals surface area contributed by atoms with Crippen molar-refractivity contribution < 1.29 is 23.9 Å². The number of rotatable bonds is 10. The number of anilines is 1. The highest BCUT2D eigenvalue weighted by Gasteiger charge is 2.35. The predicted molar refractivity (Wildman–Crippen MR) is 146 cm³/mol. The Morgan fingerprint density at radius 3 is 2.50 bits per heavy atom. The Bertz CT molecular complexity index is 1370. The van der Waals surface area contributed by atoms with Crippen LogP contribution >= 0.6 is 11.6 Å². The molecular formula is C29H28ClN3O5. The van der Waals surface area contributed by atoms with Crippen LogP contribution in [-0.4, -0.2) is 35.9 Å². The molecule has 9 heteroatoms. The fourth-order valence-electron chi connectivity index (χ4n) is 3.91. The Morgan fingerprint density at radius 2 is 1.76 bits per heavy atom. The summed E-state index contributed by atoms with van der Waals surface area (Å²) in [4.78, 5) is 38.9. The molecule has 0 spiro atoms. The fraction of sp³-hybridized carbons (Fsp3) is 0.207. The number of imide groups is 1. The Balaban J connectivity index is 1.44. The number of nitrogens with one attached hydrogen (secondary N) is 2. The number of carbonyl (C=O) groups is 3. The first-order chi connectivity index (χ1) is 18.4. The lowest BCUT2D eigenvalue weighted by molar-refractivity contribution is -0.127. The highest BCUT2D eigenvalue weighted by atomic mass is 35.5. The van der Waals surface area contributed by atoms with Gasteiger partial charge in [0.05, 0.1) is 6.61 Å². The molecule has 1 saturated heterocycles. The molecule has 1 aliphatic rings. The minimum Gasteiger partial charge on any atom is -0.490 e. The van der Waals surface area contributed by atoms with Crippen molar-refractivity contribution in [1.29, 1.82) is 0 Å². The fourth-order valence-corrected chi connectivity index (χ4v) is 4.04. The average Bonchev–Trinajstić information content (AvgIpc) is 3.16. The molecule has 0 aliphatic carbocycles. The number of hydrogen-bond acceptors (Lipinski definition) is 5. The SMILES string of the molecule is CCOc1cc(/C=C2/NC(=O)N(CC(=O)Nc3ccccc3CC)C2=O)ccc1OCc1ccc(Cl)cc1. The molecule has 2 N–H and O–H groups in total. The maximum absolute atomic E-state index is 12.9. The zero-order valence-corrected chi connectivity index (χ0v) is 21.9. The van der Waals surface area contributed by atoms with Crippen molar-refractivity contribution in [3.8, 4) is 11.5 Å². The topological polar surface area (TPSA) is 97.0 Å². The number of aryl methyl sites for hydroxylation is 1. The van der Waals surface area contributed by atoms with Crippen LogP contribution in [0.4, 0.5) is 10.5 Å². The lowest BCUT2D eigenvalue weighted by Gasteiger charge is -2.14. The summed E-state index contributed by atoms with van der Waals surface area (Å²) in [6, 6.07) is 19.3. The molecule has 4 rings (SSSR count). The summed E-state index contributed by atoms with van der Waals surface area (Å²) in [6.45, 7) is 4.18. The molecule has 196 valence electrons. The smallest absolute Gasteiger partial charge is 0.329 e. The molecule has 38 heavy (non-hydrogen) atoms. The van der Waals surface area contributed by atoms with Gasteiger partial charge >= 0.3 is 6.03 Å². The van der Waals surface area contributed by atoms with Gasteiger partial charge in [0.15, 0.2) is 11.5 Å². The largest absolute Gasteiger partial charge is 0.490 e. The van der Waals surface area contributed by atoms with Gasteiger partial charge in [-0.25, -0.2) is 9.69 Å². The molecule has 0 radical (unpaired) electrons. The van der Waals surface area contributed by atoms with Crippen LogP contribution < -0.4 is 20.1 Å². The summed E-state index contributed by atoms with van der Waals surface area (Å²) >= 11 is 5.94. The second-order valence-corrected chi connectivity index (χ2v) is 8.93. The number of benzene rings is 3. The van der Waals surface area contributed by atoms with Crippen LogP contribution in [0.1, 0.15) is 30.5 Å². The normalized spacial score (nSPS) is 14.0. The summed E-state index contributed by atoms with van der Waals surface area (Å²) in [5.41, 5.74) is 3.26. The van der Waals surface area contributed by atoms with Crippen LogP contribution in [0, 0.1) is 0 Å². The first-order valence-corrected chi connectivity index (χ1v) is 12.6. The number of halogens is 1. The van der Waals surface area contributed by atoms with Gasteiger partial charge in [0.2, 0.25) is 5.91 Å². The second kappa shape index (κ2) is 12.3. The van der Waals surface area contributed by atoms with Crippen molar-refractivity contribution in [1.82, 2.24) is 10.2 Å². The Morgan fingerprint density at radius 1 is 1.00 bits per heavy atom. The quantitative estimate of drug-likeness (QED) is 0.268. The van der Waals surface area contributed by atoms with E-state index >= 15 is 0 Å². The molecule has 3 aromatic carbocycles. The van der Waals surface area contributed by atoms with Crippen LogP contribution in [0.15, 0.2) is 72.4 Å². The molecule has 4 amide bonds. The lowest BCUT2D eigenvalue weighted by Crippen LogP contribution is -2.38. The second-order valence-electron chi connectivity index (χ2n) is 8.49. The van der Waals surface area contributed by atoms with E-state index in [1.807, 2.05) is 44.2 Å². The standard InChI is InChI=1S/C29H28ClN3O5/c1-3-21-7-5-6-8-23(21)31-27(34)17-33-28(35)24(32-29(33)36)15-20-11-14-25(26(16-20)37-4-2)38-18-19-9-12-22(30)13-10-19/h5-16H,3-4,17-18H2,1-2H3,(H,31,34)(H,32,36)/b24-15+. The maximum Gasteiger partial charge on any atom is 0.329 e. The van der Waals surface area contributed by atoms with Crippen LogP contribution in [0.5, 0.6) is 11.5 Å². The molecule has 0 bridgehead atoms.